The molecule has 2 heterocycles. The van der Waals surface area contributed by atoms with Crippen molar-refractivity contribution in [1.82, 2.24) is 20.4 Å². The van der Waals surface area contributed by atoms with Crippen LogP contribution in [0.25, 0.3) is 0 Å². The molecule has 2 aliphatic rings. The van der Waals surface area contributed by atoms with E-state index in [0.717, 1.165) is 9.91 Å². The quantitative estimate of drug-likeness (QED) is 0.529. The van der Waals surface area contributed by atoms with Gasteiger partial charge in [0, 0.05) is 19.2 Å². The summed E-state index contributed by atoms with van der Waals surface area (Å²) in [5, 5.41) is 1.58. The van der Waals surface area contributed by atoms with E-state index in [1.54, 1.807) is 30.3 Å². The molecule has 4 amide bonds. The van der Waals surface area contributed by atoms with Gasteiger partial charge in [-0.2, -0.15) is 13.5 Å². The van der Waals surface area contributed by atoms with Gasteiger partial charge in [0.2, 0.25) is 0 Å². The standard InChI is InChI=1S/C15H18N4O7S/c1-17(14(21)10-5-3-2-4-6-10)16-13(20)12-8-7-11-9-18(12)15(22)19(11)26-27(23,24)25/h2-6,11-12H,7-9H2,1H3,(H,16,20)(H,23,24,25)/t11-,12+/m1/s1. The molecule has 2 bridgehead atoms. The van der Waals surface area contributed by atoms with Crippen LogP contribution in [0.15, 0.2) is 30.3 Å². The Morgan fingerprint density at radius 1 is 1.26 bits per heavy atom. The summed E-state index contributed by atoms with van der Waals surface area (Å²) in [6.45, 7) is 0.0722. The second-order valence-electron chi connectivity index (χ2n) is 6.22. The van der Waals surface area contributed by atoms with E-state index in [2.05, 4.69) is 9.71 Å². The summed E-state index contributed by atoms with van der Waals surface area (Å²) in [7, 11) is -3.47. The van der Waals surface area contributed by atoms with Crippen LogP contribution in [-0.4, -0.2) is 71.5 Å². The highest BCUT2D eigenvalue weighted by Crippen LogP contribution is 2.30. The van der Waals surface area contributed by atoms with Gasteiger partial charge >= 0.3 is 16.4 Å². The number of urea groups is 1. The molecule has 0 unspecified atom stereocenters. The second kappa shape index (κ2) is 7.13. The largest absolute Gasteiger partial charge is 0.418 e. The van der Waals surface area contributed by atoms with E-state index < -0.39 is 40.3 Å². The maximum atomic E-state index is 12.5. The van der Waals surface area contributed by atoms with E-state index in [-0.39, 0.29) is 13.0 Å². The predicted molar refractivity (Wildman–Crippen MR) is 90.1 cm³/mol. The Bertz CT molecular complexity index is 860. The average molecular weight is 398 g/mol. The Morgan fingerprint density at radius 3 is 2.56 bits per heavy atom. The summed E-state index contributed by atoms with van der Waals surface area (Å²) in [4.78, 5) is 38.3. The van der Waals surface area contributed by atoms with Gasteiger partial charge in [-0.1, -0.05) is 18.2 Å². The lowest BCUT2D eigenvalue weighted by atomic mass is 10.0. The van der Waals surface area contributed by atoms with Crippen LogP contribution in [0.1, 0.15) is 23.2 Å². The highest BCUT2D eigenvalue weighted by Gasteiger charge is 2.49. The summed E-state index contributed by atoms with van der Waals surface area (Å²) >= 11 is 0. The molecule has 11 nitrogen and oxygen atoms in total. The maximum Gasteiger partial charge on any atom is 0.418 e. The van der Waals surface area contributed by atoms with Crippen LogP contribution in [0.3, 0.4) is 0 Å². The SMILES string of the molecule is CN(NC(=O)[C@@H]1CC[C@@H]2CN1C(=O)N2OS(=O)(=O)O)C(=O)c1ccccc1. The van der Waals surface area contributed by atoms with Gasteiger partial charge in [-0.15, -0.1) is 4.28 Å². The molecular weight excluding hydrogens is 380 g/mol. The fraction of sp³-hybridized carbons (Fsp3) is 0.400. The number of fused-ring (bicyclic) bond motifs is 2. The van der Waals surface area contributed by atoms with Crippen molar-refractivity contribution in [3.05, 3.63) is 35.9 Å². The topological polar surface area (TPSA) is 137 Å². The van der Waals surface area contributed by atoms with Crippen molar-refractivity contribution in [1.29, 1.82) is 0 Å². The minimum Gasteiger partial charge on any atom is -0.309 e. The monoisotopic (exact) mass is 398 g/mol. The smallest absolute Gasteiger partial charge is 0.309 e. The first-order chi connectivity index (χ1) is 12.7. The molecule has 2 atom stereocenters. The zero-order valence-electron chi connectivity index (χ0n) is 14.3. The Hall–Kier alpha value is -2.70. The number of hydroxylamine groups is 2. The molecular formula is C15H18N4O7S. The molecule has 2 saturated heterocycles. The summed E-state index contributed by atoms with van der Waals surface area (Å²) in [5.74, 6) is -1.01. The van der Waals surface area contributed by atoms with Crippen molar-refractivity contribution < 1.29 is 31.6 Å². The van der Waals surface area contributed by atoms with Gasteiger partial charge in [-0.25, -0.2) is 4.79 Å². The van der Waals surface area contributed by atoms with Gasteiger partial charge in [0.25, 0.3) is 11.8 Å². The van der Waals surface area contributed by atoms with Gasteiger partial charge in [-0.3, -0.25) is 24.6 Å². The normalized spacial score (nSPS) is 21.9. The number of nitrogens with zero attached hydrogens (tertiary/aromatic N) is 3. The highest BCUT2D eigenvalue weighted by atomic mass is 32.3. The number of carbonyl (C=O) groups is 3. The highest BCUT2D eigenvalue weighted by molar-refractivity contribution is 7.80. The Kier molecular flexibility index (Phi) is 5.04. The van der Waals surface area contributed by atoms with Gasteiger partial charge in [0.05, 0.1) is 6.04 Å². The summed E-state index contributed by atoms with van der Waals surface area (Å²) in [6.07, 6.45) is 0.549. The van der Waals surface area contributed by atoms with Gasteiger partial charge < -0.3 is 4.90 Å². The Balaban J connectivity index is 1.66. The number of piperidine rings is 1. The Morgan fingerprint density at radius 2 is 1.93 bits per heavy atom. The minimum absolute atomic E-state index is 0.0722. The van der Waals surface area contributed by atoms with E-state index in [1.165, 1.54) is 7.05 Å². The van der Waals surface area contributed by atoms with E-state index in [4.69, 9.17) is 4.55 Å². The third-order valence-electron chi connectivity index (χ3n) is 4.40. The van der Waals surface area contributed by atoms with Crippen LogP contribution in [0, 0.1) is 0 Å². The molecule has 12 heteroatoms. The van der Waals surface area contributed by atoms with Crippen molar-refractivity contribution in [3.63, 3.8) is 0 Å². The zero-order valence-corrected chi connectivity index (χ0v) is 15.1. The van der Waals surface area contributed by atoms with Crippen molar-refractivity contribution in [2.24, 2.45) is 0 Å². The van der Waals surface area contributed by atoms with E-state index >= 15 is 0 Å². The molecule has 146 valence electrons. The third-order valence-corrected chi connectivity index (χ3v) is 4.75. The first-order valence-electron chi connectivity index (χ1n) is 8.08. The molecule has 0 radical (unpaired) electrons. The van der Waals surface area contributed by atoms with E-state index in [0.29, 0.717) is 17.0 Å². The predicted octanol–water partition coefficient (Wildman–Crippen LogP) is -0.207. The molecule has 1 aromatic rings. The molecule has 0 aliphatic carbocycles. The molecule has 2 aliphatic heterocycles. The fourth-order valence-corrected chi connectivity index (χ4v) is 3.56. The van der Waals surface area contributed by atoms with Crippen LogP contribution < -0.4 is 5.43 Å². The second-order valence-corrected chi connectivity index (χ2v) is 7.22. The molecule has 0 spiro atoms. The number of carbonyl (C=O) groups excluding carboxylic acids is 3. The van der Waals surface area contributed by atoms with Crippen LogP contribution in [-0.2, 0) is 19.5 Å². The number of hydrogen-bond acceptors (Lipinski definition) is 6. The lowest BCUT2D eigenvalue weighted by molar-refractivity contribution is -0.129. The van der Waals surface area contributed by atoms with Gasteiger partial charge in [-0.05, 0) is 25.0 Å². The van der Waals surface area contributed by atoms with Crippen LogP contribution >= 0.6 is 0 Å². The Labute approximate surface area is 155 Å². The molecule has 1 aromatic carbocycles. The average Bonchev–Trinajstić information content (AvgIpc) is 2.85. The number of amides is 4. The van der Waals surface area contributed by atoms with Crippen LogP contribution in [0.4, 0.5) is 4.79 Å². The number of benzene rings is 1. The molecule has 3 rings (SSSR count). The lowest BCUT2D eigenvalue weighted by Crippen LogP contribution is -2.54. The molecule has 0 saturated carbocycles. The number of hydrazine groups is 1. The number of nitrogens with one attached hydrogen (secondary N) is 1. The maximum absolute atomic E-state index is 12.5. The lowest BCUT2D eigenvalue weighted by Gasteiger charge is -2.30. The van der Waals surface area contributed by atoms with Crippen LogP contribution in [0.2, 0.25) is 0 Å². The van der Waals surface area contributed by atoms with Gasteiger partial charge in [0.15, 0.2) is 0 Å². The number of rotatable bonds is 4. The molecule has 2 N–H and O–H groups in total. The fourth-order valence-electron chi connectivity index (χ4n) is 3.17. The third kappa shape index (κ3) is 4.02. The molecule has 0 aromatic heterocycles. The van der Waals surface area contributed by atoms with Crippen molar-refractivity contribution in [3.8, 4) is 0 Å². The van der Waals surface area contributed by atoms with Crippen LogP contribution in [0.5, 0.6) is 0 Å². The van der Waals surface area contributed by atoms with Crippen molar-refractivity contribution >= 4 is 28.2 Å². The molecule has 2 fully saturated rings. The molecule has 27 heavy (non-hydrogen) atoms. The van der Waals surface area contributed by atoms with Gasteiger partial charge in [0.1, 0.15) is 6.04 Å². The summed E-state index contributed by atoms with van der Waals surface area (Å²) in [6, 6.07) is 6.02. The summed E-state index contributed by atoms with van der Waals surface area (Å²) in [5.41, 5.74) is 2.82. The first kappa shape index (κ1) is 19.1. The van der Waals surface area contributed by atoms with E-state index in [9.17, 15) is 22.8 Å². The number of hydrogen-bond donors (Lipinski definition) is 2. The minimum atomic E-state index is -4.85. The van der Waals surface area contributed by atoms with Crippen molar-refractivity contribution in [2.75, 3.05) is 13.6 Å². The summed E-state index contributed by atoms with van der Waals surface area (Å²) < 4.78 is 34.9. The zero-order chi connectivity index (χ0) is 19.8. The van der Waals surface area contributed by atoms with E-state index in [1.807, 2.05) is 0 Å². The first-order valence-corrected chi connectivity index (χ1v) is 9.44. The van der Waals surface area contributed by atoms with Crippen molar-refractivity contribution in [2.45, 2.75) is 24.9 Å².